The lowest BCUT2D eigenvalue weighted by Crippen LogP contribution is -2.22. The van der Waals surface area contributed by atoms with Gasteiger partial charge in [0.25, 0.3) is 0 Å². The Morgan fingerprint density at radius 2 is 1.66 bits per heavy atom. The third-order valence-electron chi connectivity index (χ3n) is 5.75. The fourth-order valence-corrected chi connectivity index (χ4v) is 4.35. The molecule has 4 aromatic rings. The van der Waals surface area contributed by atoms with Crippen LogP contribution in [0.25, 0.3) is 21.5 Å². The standard InChI is InChI=1S/C25H23N3O/c1-29-23-14-12-18(19-6-2-3-7-20(19)23)15-27-25(26)28-22-13-11-17-10-9-16-5-4-8-21(22)24(16)17/h2-8,11-14H,9-10,15H2,1H3,(H3,26,27,28). The summed E-state index contributed by atoms with van der Waals surface area (Å²) in [5, 5.41) is 8.11. The summed E-state index contributed by atoms with van der Waals surface area (Å²) < 4.78 is 5.48. The molecule has 0 radical (unpaired) electrons. The summed E-state index contributed by atoms with van der Waals surface area (Å²) in [6, 6.07) is 23.0. The minimum atomic E-state index is 0.420. The summed E-state index contributed by atoms with van der Waals surface area (Å²) in [6.45, 7) is 0.505. The van der Waals surface area contributed by atoms with Crippen LogP contribution in [-0.2, 0) is 19.4 Å². The van der Waals surface area contributed by atoms with Crippen LogP contribution in [0.1, 0.15) is 16.7 Å². The number of aliphatic imine (C=N–C) groups is 1. The van der Waals surface area contributed by atoms with E-state index in [9.17, 15) is 0 Å². The molecule has 4 aromatic carbocycles. The average Bonchev–Trinajstić information content (AvgIpc) is 3.18. The van der Waals surface area contributed by atoms with Gasteiger partial charge in [-0.2, -0.15) is 0 Å². The maximum Gasteiger partial charge on any atom is 0.193 e. The van der Waals surface area contributed by atoms with Crippen molar-refractivity contribution in [1.29, 1.82) is 0 Å². The van der Waals surface area contributed by atoms with Crippen LogP contribution in [0.5, 0.6) is 5.75 Å². The van der Waals surface area contributed by atoms with Gasteiger partial charge in [0.1, 0.15) is 5.75 Å². The number of aryl methyl sites for hydroxylation is 2. The molecule has 144 valence electrons. The van der Waals surface area contributed by atoms with Gasteiger partial charge in [0.15, 0.2) is 5.96 Å². The molecule has 0 saturated heterocycles. The van der Waals surface area contributed by atoms with Gasteiger partial charge in [-0.25, -0.2) is 4.99 Å². The van der Waals surface area contributed by atoms with Crippen LogP contribution in [0.2, 0.25) is 0 Å². The van der Waals surface area contributed by atoms with Crippen molar-refractivity contribution in [2.45, 2.75) is 19.4 Å². The lowest BCUT2D eigenvalue weighted by Gasteiger charge is -2.12. The molecular weight excluding hydrogens is 358 g/mol. The van der Waals surface area contributed by atoms with Crippen molar-refractivity contribution in [3.05, 3.63) is 83.4 Å². The van der Waals surface area contributed by atoms with Crippen molar-refractivity contribution < 1.29 is 4.74 Å². The number of guanidine groups is 1. The third kappa shape index (κ3) is 3.07. The zero-order chi connectivity index (χ0) is 19.8. The van der Waals surface area contributed by atoms with E-state index in [-0.39, 0.29) is 0 Å². The van der Waals surface area contributed by atoms with Gasteiger partial charge < -0.3 is 15.8 Å². The maximum atomic E-state index is 6.25. The van der Waals surface area contributed by atoms with Gasteiger partial charge >= 0.3 is 0 Å². The van der Waals surface area contributed by atoms with E-state index >= 15 is 0 Å². The number of hydrogen-bond acceptors (Lipinski definition) is 2. The van der Waals surface area contributed by atoms with Crippen LogP contribution in [-0.4, -0.2) is 13.1 Å². The van der Waals surface area contributed by atoms with E-state index in [0.29, 0.717) is 12.5 Å². The van der Waals surface area contributed by atoms with E-state index in [4.69, 9.17) is 10.5 Å². The second kappa shape index (κ2) is 7.13. The molecule has 3 N–H and O–H groups in total. The Balaban J connectivity index is 1.44. The summed E-state index contributed by atoms with van der Waals surface area (Å²) in [5.41, 5.74) is 11.2. The molecule has 0 spiro atoms. The Bertz CT molecular complexity index is 1250. The van der Waals surface area contributed by atoms with Crippen molar-refractivity contribution in [2.75, 3.05) is 12.4 Å². The molecule has 0 amide bonds. The smallest absolute Gasteiger partial charge is 0.193 e. The number of nitrogens with two attached hydrogens (primary N) is 1. The molecule has 0 aromatic heterocycles. The van der Waals surface area contributed by atoms with E-state index in [2.05, 4.69) is 58.8 Å². The minimum Gasteiger partial charge on any atom is -0.496 e. The summed E-state index contributed by atoms with van der Waals surface area (Å²) in [5.74, 6) is 1.29. The van der Waals surface area contributed by atoms with E-state index in [0.717, 1.165) is 40.6 Å². The molecular formula is C25H23N3O. The Morgan fingerprint density at radius 1 is 0.897 bits per heavy atom. The highest BCUT2D eigenvalue weighted by atomic mass is 16.5. The topological polar surface area (TPSA) is 59.6 Å². The average molecular weight is 381 g/mol. The Labute approximate surface area is 170 Å². The number of ether oxygens (including phenoxy) is 1. The van der Waals surface area contributed by atoms with Gasteiger partial charge in [-0.15, -0.1) is 0 Å². The van der Waals surface area contributed by atoms with Crippen molar-refractivity contribution in [3.63, 3.8) is 0 Å². The first kappa shape index (κ1) is 17.6. The van der Waals surface area contributed by atoms with Crippen LogP contribution in [0.15, 0.2) is 71.7 Å². The molecule has 5 rings (SSSR count). The molecule has 0 fully saturated rings. The summed E-state index contributed by atoms with van der Waals surface area (Å²) in [7, 11) is 1.69. The van der Waals surface area contributed by atoms with Gasteiger partial charge in [-0.05, 0) is 52.4 Å². The molecule has 0 aliphatic heterocycles. The zero-order valence-electron chi connectivity index (χ0n) is 16.4. The molecule has 29 heavy (non-hydrogen) atoms. The van der Waals surface area contributed by atoms with Crippen LogP contribution < -0.4 is 15.8 Å². The number of nitrogens with zero attached hydrogens (tertiary/aromatic N) is 1. The highest BCUT2D eigenvalue weighted by Gasteiger charge is 2.16. The molecule has 0 bridgehead atoms. The quantitative estimate of drug-likeness (QED) is 0.385. The predicted molar refractivity (Wildman–Crippen MR) is 121 cm³/mol. The minimum absolute atomic E-state index is 0.420. The van der Waals surface area contributed by atoms with Crippen LogP contribution in [0.3, 0.4) is 0 Å². The zero-order valence-corrected chi connectivity index (χ0v) is 16.4. The van der Waals surface area contributed by atoms with Gasteiger partial charge in [0.2, 0.25) is 0 Å². The molecule has 4 nitrogen and oxygen atoms in total. The molecule has 0 unspecified atom stereocenters. The lowest BCUT2D eigenvalue weighted by molar-refractivity contribution is 0.419. The fourth-order valence-electron chi connectivity index (χ4n) is 4.35. The molecule has 0 heterocycles. The Kier molecular flexibility index (Phi) is 4.32. The van der Waals surface area contributed by atoms with Crippen molar-refractivity contribution in [2.24, 2.45) is 10.7 Å². The van der Waals surface area contributed by atoms with Gasteiger partial charge in [0.05, 0.1) is 13.7 Å². The third-order valence-corrected chi connectivity index (χ3v) is 5.75. The SMILES string of the molecule is COc1ccc(CN=C(N)Nc2ccc3c4c(cccc24)CC3)c2ccccc12. The van der Waals surface area contributed by atoms with Gasteiger partial charge in [-0.1, -0.05) is 54.6 Å². The summed E-state index contributed by atoms with van der Waals surface area (Å²) in [6.07, 6.45) is 2.23. The largest absolute Gasteiger partial charge is 0.496 e. The van der Waals surface area contributed by atoms with Crippen molar-refractivity contribution >= 4 is 33.2 Å². The van der Waals surface area contributed by atoms with Crippen molar-refractivity contribution in [1.82, 2.24) is 0 Å². The second-order valence-electron chi connectivity index (χ2n) is 7.41. The van der Waals surface area contributed by atoms with Crippen molar-refractivity contribution in [3.8, 4) is 5.75 Å². The van der Waals surface area contributed by atoms with E-state index in [1.807, 2.05) is 18.2 Å². The first-order valence-corrected chi connectivity index (χ1v) is 9.89. The number of methoxy groups -OCH3 is 1. The first-order valence-electron chi connectivity index (χ1n) is 9.89. The Hall–Kier alpha value is -3.53. The number of hydrogen-bond donors (Lipinski definition) is 2. The molecule has 0 atom stereocenters. The molecule has 4 heteroatoms. The number of rotatable bonds is 4. The second-order valence-corrected chi connectivity index (χ2v) is 7.41. The number of nitrogens with one attached hydrogen (secondary N) is 1. The molecule has 0 saturated carbocycles. The first-order chi connectivity index (χ1) is 14.2. The highest BCUT2D eigenvalue weighted by Crippen LogP contribution is 2.35. The summed E-state index contributed by atoms with van der Waals surface area (Å²) >= 11 is 0. The van der Waals surface area contributed by atoms with E-state index in [1.54, 1.807) is 7.11 Å². The van der Waals surface area contributed by atoms with Gasteiger partial charge in [0, 0.05) is 16.5 Å². The molecule has 1 aliphatic rings. The van der Waals surface area contributed by atoms with Crippen LogP contribution >= 0.6 is 0 Å². The molecule has 1 aliphatic carbocycles. The predicted octanol–water partition coefficient (Wildman–Crippen LogP) is 5.03. The normalized spacial score (nSPS) is 13.2. The maximum absolute atomic E-state index is 6.25. The lowest BCUT2D eigenvalue weighted by atomic mass is 10.0. The fraction of sp³-hybridized carbons (Fsp3) is 0.160. The Morgan fingerprint density at radius 3 is 2.48 bits per heavy atom. The monoisotopic (exact) mass is 381 g/mol. The van der Waals surface area contributed by atoms with Gasteiger partial charge in [-0.3, -0.25) is 0 Å². The number of anilines is 1. The number of benzene rings is 4. The van der Waals surface area contributed by atoms with E-state index in [1.165, 1.54) is 21.9 Å². The van der Waals surface area contributed by atoms with Crippen LogP contribution in [0.4, 0.5) is 5.69 Å². The highest BCUT2D eigenvalue weighted by molar-refractivity contribution is 6.05. The number of fused-ring (bicyclic) bond motifs is 1. The van der Waals surface area contributed by atoms with Crippen LogP contribution in [0, 0.1) is 0 Å². The van der Waals surface area contributed by atoms with E-state index < -0.39 is 0 Å². The summed E-state index contributed by atoms with van der Waals surface area (Å²) in [4.78, 5) is 4.61.